The van der Waals surface area contributed by atoms with Crippen molar-refractivity contribution in [1.29, 1.82) is 0 Å². The van der Waals surface area contributed by atoms with E-state index in [1.54, 1.807) is 0 Å². The molecule has 0 aromatic rings. The van der Waals surface area contributed by atoms with Crippen LogP contribution in [0.5, 0.6) is 0 Å². The molecular formula is C13H21Cl2NO2. The van der Waals surface area contributed by atoms with Crippen molar-refractivity contribution in [3.63, 3.8) is 0 Å². The van der Waals surface area contributed by atoms with Crippen LogP contribution in [0.1, 0.15) is 51.9 Å². The zero-order valence-electron chi connectivity index (χ0n) is 10.8. The van der Waals surface area contributed by atoms with E-state index in [9.17, 15) is 9.59 Å². The molecule has 5 heteroatoms. The summed E-state index contributed by atoms with van der Waals surface area (Å²) in [6.45, 7) is 2.80. The minimum absolute atomic E-state index is 0.122. The topological polar surface area (TPSA) is 46.2 Å². The van der Waals surface area contributed by atoms with Gasteiger partial charge < -0.3 is 5.32 Å². The summed E-state index contributed by atoms with van der Waals surface area (Å²) in [7, 11) is 0. The summed E-state index contributed by atoms with van der Waals surface area (Å²) in [6.07, 6.45) is 7.88. The highest BCUT2D eigenvalue weighted by Crippen LogP contribution is 2.07. The summed E-state index contributed by atoms with van der Waals surface area (Å²) in [4.78, 5) is 22.5. The zero-order chi connectivity index (χ0) is 13.8. The van der Waals surface area contributed by atoms with Crippen molar-refractivity contribution in [2.75, 3.05) is 6.54 Å². The van der Waals surface area contributed by atoms with Gasteiger partial charge in [0.05, 0.1) is 6.42 Å². The molecule has 0 spiro atoms. The molecule has 0 bridgehead atoms. The van der Waals surface area contributed by atoms with Crippen molar-refractivity contribution in [2.45, 2.75) is 51.9 Å². The molecule has 0 heterocycles. The Hall–Kier alpha value is -0.540. The summed E-state index contributed by atoms with van der Waals surface area (Å²) < 4.78 is -0.122. The quantitative estimate of drug-likeness (QED) is 0.379. The molecule has 0 atom stereocenters. The van der Waals surface area contributed by atoms with Crippen LogP contribution < -0.4 is 5.32 Å². The Morgan fingerprint density at radius 3 is 2.28 bits per heavy atom. The van der Waals surface area contributed by atoms with Gasteiger partial charge in [0.25, 0.3) is 0 Å². The van der Waals surface area contributed by atoms with Crippen molar-refractivity contribution in [3.8, 4) is 0 Å². The van der Waals surface area contributed by atoms with Gasteiger partial charge in [0.2, 0.25) is 5.91 Å². The molecule has 18 heavy (non-hydrogen) atoms. The third kappa shape index (κ3) is 11.9. The Kier molecular flexibility index (Phi) is 11.2. The van der Waals surface area contributed by atoms with Gasteiger partial charge in [-0.25, -0.2) is 0 Å². The average Bonchev–Trinajstić information content (AvgIpc) is 2.26. The first-order valence-electron chi connectivity index (χ1n) is 6.38. The number of amides is 1. The molecule has 0 aromatic heterocycles. The van der Waals surface area contributed by atoms with Gasteiger partial charge in [0.1, 0.15) is 4.49 Å². The van der Waals surface area contributed by atoms with E-state index in [1.165, 1.54) is 25.7 Å². The molecule has 0 aliphatic heterocycles. The number of unbranched alkanes of at least 4 members (excludes halogenated alkanes) is 5. The van der Waals surface area contributed by atoms with Crippen molar-refractivity contribution in [2.24, 2.45) is 0 Å². The van der Waals surface area contributed by atoms with E-state index in [4.69, 9.17) is 23.2 Å². The van der Waals surface area contributed by atoms with Crippen LogP contribution in [0.25, 0.3) is 0 Å². The number of rotatable bonds is 10. The third-order valence-corrected chi connectivity index (χ3v) is 2.68. The molecule has 0 radical (unpaired) electrons. The highest BCUT2D eigenvalue weighted by molar-refractivity contribution is 6.56. The molecular weight excluding hydrogens is 273 g/mol. The van der Waals surface area contributed by atoms with Gasteiger partial charge >= 0.3 is 0 Å². The van der Waals surface area contributed by atoms with Gasteiger partial charge in [-0.2, -0.15) is 0 Å². The molecule has 0 saturated carbocycles. The van der Waals surface area contributed by atoms with E-state index < -0.39 is 0 Å². The number of ketones is 1. The fourth-order valence-electron chi connectivity index (χ4n) is 1.53. The van der Waals surface area contributed by atoms with E-state index >= 15 is 0 Å². The average molecular weight is 294 g/mol. The van der Waals surface area contributed by atoms with Crippen LogP contribution in [0.15, 0.2) is 10.6 Å². The van der Waals surface area contributed by atoms with E-state index in [0.29, 0.717) is 6.54 Å². The Morgan fingerprint density at radius 1 is 1.06 bits per heavy atom. The maximum atomic E-state index is 11.3. The van der Waals surface area contributed by atoms with E-state index in [1.807, 2.05) is 0 Å². The number of hydrogen-bond acceptors (Lipinski definition) is 2. The van der Waals surface area contributed by atoms with Crippen LogP contribution >= 0.6 is 23.2 Å². The van der Waals surface area contributed by atoms with Crippen molar-refractivity contribution < 1.29 is 9.59 Å². The lowest BCUT2D eigenvalue weighted by Crippen LogP contribution is -2.26. The molecule has 0 rings (SSSR count). The minimum atomic E-state index is -0.379. The molecule has 0 unspecified atom stereocenters. The summed E-state index contributed by atoms with van der Waals surface area (Å²) in [5.41, 5.74) is 0. The second-order valence-corrected chi connectivity index (χ2v) is 5.20. The Balaban J connectivity index is 3.48. The number of nitrogens with one attached hydrogen (secondary N) is 1. The molecule has 0 saturated heterocycles. The number of hydrogen-bond donors (Lipinski definition) is 1. The Morgan fingerprint density at radius 2 is 1.67 bits per heavy atom. The maximum absolute atomic E-state index is 11.3. The minimum Gasteiger partial charge on any atom is -0.356 e. The number of allylic oxidation sites excluding steroid dienone is 1. The van der Waals surface area contributed by atoms with Gasteiger partial charge in [-0.05, 0) is 6.42 Å². The first kappa shape index (κ1) is 17.5. The predicted octanol–water partition coefficient (Wildman–Crippen LogP) is 3.74. The van der Waals surface area contributed by atoms with Crippen molar-refractivity contribution >= 4 is 34.9 Å². The molecule has 0 fully saturated rings. The summed E-state index contributed by atoms with van der Waals surface area (Å²) >= 11 is 10.6. The van der Waals surface area contributed by atoms with Crippen LogP contribution in [-0.4, -0.2) is 18.2 Å². The number of halogens is 2. The third-order valence-electron chi connectivity index (χ3n) is 2.46. The summed E-state index contributed by atoms with van der Waals surface area (Å²) in [5.74, 6) is -0.658. The molecule has 0 aliphatic rings. The van der Waals surface area contributed by atoms with Gasteiger partial charge in [-0.15, -0.1) is 0 Å². The molecule has 0 aliphatic carbocycles. The standard InChI is InChI=1S/C13H21Cl2NO2/c1-2-3-4-5-6-7-8-16-13(18)10-11(17)9-12(14)15/h9H,2-8,10H2,1H3,(H,16,18). The maximum Gasteiger partial charge on any atom is 0.227 e. The summed E-state index contributed by atoms with van der Waals surface area (Å²) in [6, 6.07) is 0. The molecule has 1 amide bonds. The highest BCUT2D eigenvalue weighted by Gasteiger charge is 2.06. The fourth-order valence-corrected chi connectivity index (χ4v) is 1.77. The normalized spacial score (nSPS) is 9.94. The Bertz CT molecular complexity index is 287. The van der Waals surface area contributed by atoms with Crippen LogP contribution in [0, 0.1) is 0 Å². The fraction of sp³-hybridized carbons (Fsp3) is 0.692. The van der Waals surface area contributed by atoms with Gasteiger partial charge in [0, 0.05) is 12.6 Å². The van der Waals surface area contributed by atoms with Crippen LogP contribution in [-0.2, 0) is 9.59 Å². The van der Waals surface area contributed by atoms with E-state index in [0.717, 1.165) is 18.9 Å². The highest BCUT2D eigenvalue weighted by atomic mass is 35.5. The second kappa shape index (κ2) is 11.5. The summed E-state index contributed by atoms with van der Waals surface area (Å²) in [5, 5.41) is 2.70. The van der Waals surface area contributed by atoms with Crippen LogP contribution in [0.3, 0.4) is 0 Å². The predicted molar refractivity (Wildman–Crippen MR) is 75.8 cm³/mol. The number of carbonyl (C=O) groups is 2. The van der Waals surface area contributed by atoms with Crippen LogP contribution in [0.2, 0.25) is 0 Å². The molecule has 104 valence electrons. The SMILES string of the molecule is CCCCCCCCNC(=O)CC(=O)C=C(Cl)Cl. The lowest BCUT2D eigenvalue weighted by Gasteiger charge is -2.03. The lowest BCUT2D eigenvalue weighted by molar-refractivity contribution is -0.126. The van der Waals surface area contributed by atoms with Crippen molar-refractivity contribution in [3.05, 3.63) is 10.6 Å². The van der Waals surface area contributed by atoms with E-state index in [2.05, 4.69) is 12.2 Å². The number of carbonyl (C=O) groups excluding carboxylic acids is 2. The van der Waals surface area contributed by atoms with Crippen molar-refractivity contribution in [1.82, 2.24) is 5.32 Å². The van der Waals surface area contributed by atoms with Gasteiger partial charge in [-0.3, -0.25) is 9.59 Å². The monoisotopic (exact) mass is 293 g/mol. The molecule has 0 aromatic carbocycles. The smallest absolute Gasteiger partial charge is 0.227 e. The van der Waals surface area contributed by atoms with Gasteiger partial charge in [0.15, 0.2) is 5.78 Å². The van der Waals surface area contributed by atoms with Gasteiger partial charge in [-0.1, -0.05) is 62.2 Å². The first-order valence-corrected chi connectivity index (χ1v) is 7.14. The lowest BCUT2D eigenvalue weighted by atomic mass is 10.1. The van der Waals surface area contributed by atoms with Crippen LogP contribution in [0.4, 0.5) is 0 Å². The van der Waals surface area contributed by atoms with E-state index in [-0.39, 0.29) is 22.6 Å². The largest absolute Gasteiger partial charge is 0.356 e. The molecule has 1 N–H and O–H groups in total. The first-order chi connectivity index (χ1) is 8.56. The zero-order valence-corrected chi connectivity index (χ0v) is 12.3. The molecule has 3 nitrogen and oxygen atoms in total. The Labute approximate surface area is 119 Å². The second-order valence-electron chi connectivity index (χ2n) is 4.19.